The Bertz CT molecular complexity index is 142. The molecule has 0 radical (unpaired) electrons. The van der Waals surface area contributed by atoms with Crippen LogP contribution in [-0.2, 0) is 9.74 Å². The molecule has 0 aromatic carbocycles. The fourth-order valence-electron chi connectivity index (χ4n) is 0.423. The lowest BCUT2D eigenvalue weighted by Gasteiger charge is -2.14. The molecular weight excluding hydrogens is 163 g/mol. The summed E-state index contributed by atoms with van der Waals surface area (Å²) in [7, 11) is 0. The molecule has 2 unspecified atom stereocenters. The minimum Gasteiger partial charge on any atom is -0.318 e. The van der Waals surface area contributed by atoms with Crippen LogP contribution in [0.15, 0.2) is 0 Å². The Kier molecular flexibility index (Phi) is 3.88. The van der Waals surface area contributed by atoms with Crippen molar-refractivity contribution in [2.75, 3.05) is 0 Å². The SMILES string of the molecule is CC(C(F)F)C(N)C(=O)OF. The van der Waals surface area contributed by atoms with Gasteiger partial charge in [-0.1, -0.05) is 6.92 Å². The molecule has 0 heterocycles. The molecule has 2 atom stereocenters. The summed E-state index contributed by atoms with van der Waals surface area (Å²) >= 11 is 0. The van der Waals surface area contributed by atoms with Crippen LogP contribution in [0.5, 0.6) is 0 Å². The Morgan fingerprint density at radius 2 is 2.00 bits per heavy atom. The standard InChI is InChI=1S/C5H8F3NO2/c1-2(4(6)7)3(9)5(10)11-8/h2-4H,9H2,1H3. The molecule has 66 valence electrons. The fraction of sp³-hybridized carbons (Fsp3) is 0.800. The molecule has 0 aliphatic heterocycles. The van der Waals surface area contributed by atoms with Gasteiger partial charge in [-0.3, -0.25) is 4.94 Å². The summed E-state index contributed by atoms with van der Waals surface area (Å²) in [5.74, 6) is -2.88. The van der Waals surface area contributed by atoms with E-state index < -0.39 is 24.4 Å². The van der Waals surface area contributed by atoms with Gasteiger partial charge in [0, 0.05) is 10.4 Å². The molecule has 0 aromatic rings. The van der Waals surface area contributed by atoms with Crippen molar-refractivity contribution in [1.29, 1.82) is 0 Å². The van der Waals surface area contributed by atoms with Crippen LogP contribution in [0.4, 0.5) is 13.3 Å². The van der Waals surface area contributed by atoms with Crippen LogP contribution >= 0.6 is 0 Å². The van der Waals surface area contributed by atoms with Crippen LogP contribution in [0.2, 0.25) is 0 Å². The zero-order valence-corrected chi connectivity index (χ0v) is 5.76. The predicted molar refractivity (Wildman–Crippen MR) is 30.3 cm³/mol. The van der Waals surface area contributed by atoms with E-state index in [1.165, 1.54) is 0 Å². The maximum atomic E-state index is 11.8. The summed E-state index contributed by atoms with van der Waals surface area (Å²) in [6, 6.07) is -1.61. The van der Waals surface area contributed by atoms with Gasteiger partial charge in [0.15, 0.2) is 0 Å². The normalized spacial score (nSPS) is 16.2. The van der Waals surface area contributed by atoms with Crippen molar-refractivity contribution in [2.24, 2.45) is 11.7 Å². The topological polar surface area (TPSA) is 52.3 Å². The smallest absolute Gasteiger partial charge is 0.318 e. The van der Waals surface area contributed by atoms with Gasteiger partial charge < -0.3 is 5.73 Å². The third kappa shape index (κ3) is 2.75. The highest BCUT2D eigenvalue weighted by Crippen LogP contribution is 2.12. The van der Waals surface area contributed by atoms with Gasteiger partial charge in [0.1, 0.15) is 6.04 Å². The highest BCUT2D eigenvalue weighted by Gasteiger charge is 2.29. The highest BCUT2D eigenvalue weighted by atomic mass is 19.3. The Balaban J connectivity index is 4.01. The zero-order chi connectivity index (χ0) is 9.02. The molecule has 0 bridgehead atoms. The van der Waals surface area contributed by atoms with Crippen LogP contribution in [-0.4, -0.2) is 18.4 Å². The number of rotatable bonds is 3. The molecule has 0 aliphatic rings. The van der Waals surface area contributed by atoms with E-state index in [1.54, 1.807) is 0 Å². The number of hydrogen-bond acceptors (Lipinski definition) is 3. The number of alkyl halides is 2. The van der Waals surface area contributed by atoms with Crippen LogP contribution in [0.3, 0.4) is 0 Å². The number of nitrogens with two attached hydrogens (primary N) is 1. The lowest BCUT2D eigenvalue weighted by molar-refractivity contribution is -0.188. The quantitative estimate of drug-likeness (QED) is 0.678. The molecule has 0 saturated carbocycles. The number of halogens is 3. The van der Waals surface area contributed by atoms with E-state index in [0.717, 1.165) is 6.92 Å². The largest absolute Gasteiger partial charge is 0.365 e. The number of carbonyl (C=O) groups excluding carboxylic acids is 1. The summed E-state index contributed by atoms with van der Waals surface area (Å²) in [5, 5.41) is 0. The van der Waals surface area contributed by atoms with E-state index in [1.807, 2.05) is 0 Å². The molecule has 3 nitrogen and oxygen atoms in total. The molecule has 0 saturated heterocycles. The van der Waals surface area contributed by atoms with Crippen molar-refractivity contribution in [3.8, 4) is 0 Å². The van der Waals surface area contributed by atoms with E-state index in [0.29, 0.717) is 0 Å². The third-order valence-corrected chi connectivity index (χ3v) is 1.31. The van der Waals surface area contributed by atoms with E-state index >= 15 is 0 Å². The first kappa shape index (κ1) is 10.2. The molecule has 0 aliphatic carbocycles. The van der Waals surface area contributed by atoms with E-state index in [2.05, 4.69) is 4.94 Å². The second kappa shape index (κ2) is 4.17. The van der Waals surface area contributed by atoms with Crippen molar-refractivity contribution in [1.82, 2.24) is 0 Å². The maximum absolute atomic E-state index is 11.8. The third-order valence-electron chi connectivity index (χ3n) is 1.31. The van der Waals surface area contributed by atoms with Gasteiger partial charge in [-0.2, -0.15) is 0 Å². The first-order valence-corrected chi connectivity index (χ1v) is 2.87. The average molecular weight is 171 g/mol. The van der Waals surface area contributed by atoms with Crippen molar-refractivity contribution in [3.05, 3.63) is 0 Å². The van der Waals surface area contributed by atoms with E-state index in [4.69, 9.17) is 5.73 Å². The molecule has 0 amide bonds. The second-order valence-corrected chi connectivity index (χ2v) is 2.12. The van der Waals surface area contributed by atoms with Gasteiger partial charge in [-0.15, -0.1) is 0 Å². The van der Waals surface area contributed by atoms with E-state index in [9.17, 15) is 18.1 Å². The van der Waals surface area contributed by atoms with Crippen LogP contribution in [0, 0.1) is 5.92 Å². The Hall–Kier alpha value is -0.780. The fourth-order valence-corrected chi connectivity index (χ4v) is 0.423. The Morgan fingerprint density at radius 1 is 1.55 bits per heavy atom. The van der Waals surface area contributed by atoms with Crippen molar-refractivity contribution in [3.63, 3.8) is 0 Å². The van der Waals surface area contributed by atoms with Crippen molar-refractivity contribution < 1.29 is 23.0 Å². The second-order valence-electron chi connectivity index (χ2n) is 2.12. The van der Waals surface area contributed by atoms with E-state index in [-0.39, 0.29) is 0 Å². The summed E-state index contributed by atoms with van der Waals surface area (Å²) < 4.78 is 34.6. The lowest BCUT2D eigenvalue weighted by Crippen LogP contribution is -2.40. The summed E-state index contributed by atoms with van der Waals surface area (Å²) in [6.07, 6.45) is -2.76. The molecule has 0 aromatic heterocycles. The summed E-state index contributed by atoms with van der Waals surface area (Å²) in [4.78, 5) is 12.9. The Morgan fingerprint density at radius 3 is 2.27 bits per heavy atom. The van der Waals surface area contributed by atoms with Crippen molar-refractivity contribution in [2.45, 2.75) is 19.4 Å². The van der Waals surface area contributed by atoms with Crippen LogP contribution in [0.1, 0.15) is 6.92 Å². The maximum Gasteiger partial charge on any atom is 0.365 e. The molecule has 6 heteroatoms. The number of hydrogen-bond donors (Lipinski definition) is 1. The predicted octanol–water partition coefficient (Wildman–Crippen LogP) is 0.643. The summed E-state index contributed by atoms with van der Waals surface area (Å²) in [5.41, 5.74) is 4.88. The minimum absolute atomic E-state index is 1.03. The monoisotopic (exact) mass is 171 g/mol. The number of carbonyl (C=O) groups is 1. The molecular formula is C5H8F3NO2. The van der Waals surface area contributed by atoms with Gasteiger partial charge in [-0.05, 0) is 0 Å². The van der Waals surface area contributed by atoms with Gasteiger partial charge >= 0.3 is 5.97 Å². The summed E-state index contributed by atoms with van der Waals surface area (Å²) in [6.45, 7) is 1.03. The first-order valence-electron chi connectivity index (χ1n) is 2.87. The molecule has 2 N–H and O–H groups in total. The molecule has 0 rings (SSSR count). The van der Waals surface area contributed by atoms with Crippen LogP contribution in [0.25, 0.3) is 0 Å². The van der Waals surface area contributed by atoms with Gasteiger partial charge in [0.25, 0.3) is 0 Å². The molecule has 11 heavy (non-hydrogen) atoms. The Labute approximate surface area is 61.2 Å². The zero-order valence-electron chi connectivity index (χ0n) is 5.76. The highest BCUT2D eigenvalue weighted by molar-refractivity contribution is 5.75. The molecule has 0 fully saturated rings. The van der Waals surface area contributed by atoms with Crippen molar-refractivity contribution >= 4 is 5.97 Å². The average Bonchev–Trinajstić information content (AvgIpc) is 2.00. The van der Waals surface area contributed by atoms with Crippen LogP contribution < -0.4 is 5.73 Å². The molecule has 0 spiro atoms. The first-order chi connectivity index (χ1) is 5.00. The van der Waals surface area contributed by atoms with Gasteiger partial charge in [-0.25, -0.2) is 13.6 Å². The lowest BCUT2D eigenvalue weighted by atomic mass is 10.0. The minimum atomic E-state index is -2.76. The van der Waals surface area contributed by atoms with Gasteiger partial charge in [0.2, 0.25) is 6.43 Å². The van der Waals surface area contributed by atoms with Gasteiger partial charge in [0.05, 0.1) is 0 Å².